The SMILES string of the molecule is C[C@H](OC(=O)[C@@H](NC(=O)N[C@H](C(=O)N1C[C@H]2[C@@H]([C@H]1C(=O)NC(CC1CC1)C(=O)C(N)=O)C2(C)C)C(C)(C)C)C(C)(C)C)c1ccccc1. The summed E-state index contributed by atoms with van der Waals surface area (Å²) in [5.74, 6) is -3.42. The van der Waals surface area contributed by atoms with Gasteiger partial charge in [0.05, 0.1) is 6.04 Å². The van der Waals surface area contributed by atoms with E-state index in [0.29, 0.717) is 13.0 Å². The zero-order valence-electron chi connectivity index (χ0n) is 29.7. The molecule has 7 atom stereocenters. The average molecular weight is 668 g/mol. The third-order valence-electron chi connectivity index (χ3n) is 10.2. The van der Waals surface area contributed by atoms with Crippen LogP contribution in [-0.2, 0) is 28.7 Å². The first kappa shape index (κ1) is 36.9. The van der Waals surface area contributed by atoms with Crippen LogP contribution in [0.25, 0.3) is 0 Å². The van der Waals surface area contributed by atoms with Crippen LogP contribution in [0.5, 0.6) is 0 Å². The largest absolute Gasteiger partial charge is 0.456 e. The third kappa shape index (κ3) is 8.18. The molecule has 0 radical (unpaired) electrons. The molecule has 3 fully saturated rings. The van der Waals surface area contributed by atoms with E-state index >= 15 is 0 Å². The summed E-state index contributed by atoms with van der Waals surface area (Å²) < 4.78 is 5.74. The molecule has 264 valence electrons. The van der Waals surface area contributed by atoms with Gasteiger partial charge in [-0.1, -0.05) is 98.6 Å². The molecule has 0 spiro atoms. The predicted octanol–water partition coefficient (Wildman–Crippen LogP) is 3.24. The highest BCUT2D eigenvalue weighted by Gasteiger charge is 2.70. The molecule has 5 N–H and O–H groups in total. The Kier molecular flexibility index (Phi) is 10.4. The number of amides is 5. The minimum Gasteiger partial charge on any atom is -0.456 e. The molecule has 1 aromatic carbocycles. The second-order valence-corrected chi connectivity index (χ2v) is 16.6. The molecule has 5 amide bonds. The number of fused-ring (bicyclic) bond motifs is 1. The van der Waals surface area contributed by atoms with Gasteiger partial charge in [0.2, 0.25) is 17.6 Å². The van der Waals surface area contributed by atoms with Gasteiger partial charge >= 0.3 is 12.0 Å². The van der Waals surface area contributed by atoms with Crippen molar-refractivity contribution in [3.05, 3.63) is 35.9 Å². The molecular formula is C36H53N5O7. The minimum absolute atomic E-state index is 0.0482. The maximum absolute atomic E-state index is 14.3. The smallest absolute Gasteiger partial charge is 0.329 e. The van der Waals surface area contributed by atoms with E-state index in [4.69, 9.17) is 10.5 Å². The Morgan fingerprint density at radius 1 is 0.917 bits per heavy atom. The zero-order chi connectivity index (χ0) is 35.9. The van der Waals surface area contributed by atoms with Gasteiger partial charge in [0.15, 0.2) is 0 Å². The van der Waals surface area contributed by atoms with Crippen molar-refractivity contribution in [2.75, 3.05) is 6.54 Å². The van der Waals surface area contributed by atoms with Gasteiger partial charge in [-0.25, -0.2) is 9.59 Å². The number of nitrogens with two attached hydrogens (primary N) is 1. The second-order valence-electron chi connectivity index (χ2n) is 16.6. The highest BCUT2D eigenvalue weighted by molar-refractivity contribution is 6.37. The molecule has 1 saturated heterocycles. The molecule has 12 nitrogen and oxygen atoms in total. The maximum Gasteiger partial charge on any atom is 0.329 e. The van der Waals surface area contributed by atoms with E-state index in [1.54, 1.807) is 48.5 Å². The molecule has 1 aromatic rings. The fourth-order valence-electron chi connectivity index (χ4n) is 6.94. The first-order valence-corrected chi connectivity index (χ1v) is 16.9. The van der Waals surface area contributed by atoms with E-state index < -0.39 is 76.6 Å². The number of primary amides is 1. The number of nitrogens with zero attached hydrogens (tertiary/aromatic N) is 1. The Hall–Kier alpha value is -3.96. The summed E-state index contributed by atoms with van der Waals surface area (Å²) in [6.45, 7) is 17.0. The molecule has 4 rings (SSSR count). The normalized spacial score (nSPS) is 23.9. The van der Waals surface area contributed by atoms with Gasteiger partial charge in [0.1, 0.15) is 24.2 Å². The number of ether oxygens (including phenoxy) is 1. The monoisotopic (exact) mass is 667 g/mol. The number of ketones is 1. The van der Waals surface area contributed by atoms with Crippen molar-refractivity contribution in [1.82, 2.24) is 20.9 Å². The van der Waals surface area contributed by atoms with E-state index in [1.165, 1.54) is 4.90 Å². The third-order valence-corrected chi connectivity index (χ3v) is 10.2. The van der Waals surface area contributed by atoms with Gasteiger partial charge in [0, 0.05) is 6.54 Å². The number of hydrogen-bond acceptors (Lipinski definition) is 7. The van der Waals surface area contributed by atoms with Crippen LogP contribution in [0.2, 0.25) is 0 Å². The van der Waals surface area contributed by atoms with Crippen molar-refractivity contribution in [3.63, 3.8) is 0 Å². The predicted molar refractivity (Wildman–Crippen MR) is 179 cm³/mol. The number of hydrogen-bond donors (Lipinski definition) is 4. The number of rotatable bonds is 12. The van der Waals surface area contributed by atoms with Crippen LogP contribution >= 0.6 is 0 Å². The van der Waals surface area contributed by atoms with E-state index in [2.05, 4.69) is 16.0 Å². The van der Waals surface area contributed by atoms with Gasteiger partial charge in [-0.3, -0.25) is 19.2 Å². The van der Waals surface area contributed by atoms with Crippen molar-refractivity contribution in [3.8, 4) is 0 Å². The zero-order valence-corrected chi connectivity index (χ0v) is 29.7. The summed E-state index contributed by atoms with van der Waals surface area (Å²) in [4.78, 5) is 81.0. The Morgan fingerprint density at radius 3 is 2.00 bits per heavy atom. The summed E-state index contributed by atoms with van der Waals surface area (Å²) >= 11 is 0. The standard InChI is InChI=1S/C36H53N5O7/c1-19(21-13-11-10-12-14-21)48-32(46)28(35(5,6)7)40-33(47)39-27(34(2,3)4)31(45)41-18-22-24(36(22,8)9)25(41)30(44)38-23(17-20-15-16-20)26(42)29(37)43/h10-14,19-20,22-25,27-28H,15-18H2,1-9H3,(H2,37,43)(H,38,44)(H2,39,40,47)/t19-,22-,23?,24-,25-,27+,28+/m0/s1. The molecule has 0 bridgehead atoms. The second kappa shape index (κ2) is 13.5. The molecule has 3 aliphatic rings. The number of benzene rings is 1. The van der Waals surface area contributed by atoms with Crippen molar-refractivity contribution < 1.29 is 33.5 Å². The molecule has 2 saturated carbocycles. The number of carbonyl (C=O) groups is 6. The number of urea groups is 1. The van der Waals surface area contributed by atoms with Gasteiger partial charge in [0.25, 0.3) is 5.91 Å². The van der Waals surface area contributed by atoms with Crippen molar-refractivity contribution in [2.45, 2.75) is 112 Å². The fourth-order valence-corrected chi connectivity index (χ4v) is 6.94. The average Bonchev–Trinajstić information content (AvgIpc) is 3.84. The van der Waals surface area contributed by atoms with Crippen LogP contribution in [0.3, 0.4) is 0 Å². The van der Waals surface area contributed by atoms with Crippen molar-refractivity contribution >= 4 is 35.5 Å². The molecule has 12 heteroatoms. The van der Waals surface area contributed by atoms with E-state index in [1.807, 2.05) is 44.2 Å². The number of carbonyl (C=O) groups excluding carboxylic acids is 6. The molecule has 0 aromatic heterocycles. The lowest BCUT2D eigenvalue weighted by Gasteiger charge is -2.38. The summed E-state index contributed by atoms with van der Waals surface area (Å²) in [7, 11) is 0. The first-order valence-electron chi connectivity index (χ1n) is 16.9. The van der Waals surface area contributed by atoms with Crippen LogP contribution < -0.4 is 21.7 Å². The summed E-state index contributed by atoms with van der Waals surface area (Å²) in [5, 5.41) is 8.30. The Labute approximate surface area is 283 Å². The van der Waals surface area contributed by atoms with Gasteiger partial charge in [-0.15, -0.1) is 0 Å². The van der Waals surface area contributed by atoms with Crippen LogP contribution in [-0.4, -0.2) is 71.1 Å². The molecule has 2 aliphatic carbocycles. The van der Waals surface area contributed by atoms with Gasteiger partial charge < -0.3 is 31.3 Å². The number of piperidine rings is 1. The first-order chi connectivity index (χ1) is 22.1. The topological polar surface area (TPSA) is 177 Å². The quantitative estimate of drug-likeness (QED) is 0.195. The van der Waals surface area contributed by atoms with Crippen LogP contribution in [0, 0.1) is 34.0 Å². The van der Waals surface area contributed by atoms with E-state index in [0.717, 1.165) is 18.4 Å². The van der Waals surface area contributed by atoms with Crippen LogP contribution in [0.4, 0.5) is 4.79 Å². The van der Waals surface area contributed by atoms with Crippen LogP contribution in [0.15, 0.2) is 30.3 Å². The van der Waals surface area contributed by atoms with Crippen LogP contribution in [0.1, 0.15) is 93.2 Å². The number of nitrogens with one attached hydrogen (secondary N) is 3. The lowest BCUT2D eigenvalue weighted by atomic mass is 9.85. The molecule has 1 unspecified atom stereocenters. The summed E-state index contributed by atoms with van der Waals surface area (Å²) in [6.07, 6.45) is 1.59. The summed E-state index contributed by atoms with van der Waals surface area (Å²) in [6, 6.07) is 4.49. The molecular weight excluding hydrogens is 614 g/mol. The lowest BCUT2D eigenvalue weighted by Crippen LogP contribution is -2.62. The molecule has 1 aliphatic heterocycles. The number of esters is 1. The van der Waals surface area contributed by atoms with E-state index in [-0.39, 0.29) is 23.2 Å². The fraction of sp³-hybridized carbons (Fsp3) is 0.667. The number of likely N-dealkylation sites (tertiary alicyclic amines) is 1. The lowest BCUT2D eigenvalue weighted by molar-refractivity contribution is -0.153. The molecule has 48 heavy (non-hydrogen) atoms. The van der Waals surface area contributed by atoms with Crippen molar-refractivity contribution in [1.29, 1.82) is 0 Å². The summed E-state index contributed by atoms with van der Waals surface area (Å²) in [5.41, 5.74) is 4.39. The highest BCUT2D eigenvalue weighted by Crippen LogP contribution is 2.65. The van der Waals surface area contributed by atoms with Gasteiger partial charge in [-0.2, -0.15) is 0 Å². The van der Waals surface area contributed by atoms with E-state index in [9.17, 15) is 28.8 Å². The van der Waals surface area contributed by atoms with Gasteiger partial charge in [-0.05, 0) is 52.9 Å². The number of Topliss-reactive ketones (excluding diaryl/α,β-unsaturated/α-hetero) is 1. The highest BCUT2D eigenvalue weighted by atomic mass is 16.5. The Morgan fingerprint density at radius 2 is 1.48 bits per heavy atom. The molecule has 1 heterocycles. The van der Waals surface area contributed by atoms with Crippen molar-refractivity contribution in [2.24, 2.45) is 39.7 Å². The Balaban J connectivity index is 1.51. The Bertz CT molecular complexity index is 1430. The maximum atomic E-state index is 14.3. The minimum atomic E-state index is -1.11.